The van der Waals surface area contributed by atoms with E-state index in [9.17, 15) is 0 Å². The highest BCUT2D eigenvalue weighted by Crippen LogP contribution is 2.43. The van der Waals surface area contributed by atoms with Gasteiger partial charge in [-0.05, 0) is 61.1 Å². The molecule has 104 valence electrons. The maximum Gasteiger partial charge on any atom is 0.0542 e. The van der Waals surface area contributed by atoms with Crippen LogP contribution >= 0.6 is 23.2 Å². The molecule has 0 bridgehead atoms. The first-order valence-corrected chi connectivity index (χ1v) is 7.67. The van der Waals surface area contributed by atoms with Crippen molar-refractivity contribution in [2.24, 2.45) is 5.92 Å². The standard InChI is InChI=1S/C17H17Cl2N/c1-11-2-7-15(19)10-16(11)20-17(12-3-4-12)13-5-8-14(18)9-6-13/h2,5-10,12,17,20H,3-4H2,1H3. The number of aryl methyl sites for hydroxylation is 1. The average Bonchev–Trinajstić information content (AvgIpc) is 3.25. The summed E-state index contributed by atoms with van der Waals surface area (Å²) in [5.41, 5.74) is 3.62. The maximum absolute atomic E-state index is 6.10. The fourth-order valence-corrected chi connectivity index (χ4v) is 2.79. The normalized spacial score (nSPS) is 15.9. The van der Waals surface area contributed by atoms with E-state index in [-0.39, 0.29) is 0 Å². The van der Waals surface area contributed by atoms with Gasteiger partial charge in [0.2, 0.25) is 0 Å². The maximum atomic E-state index is 6.10. The minimum atomic E-state index is 0.337. The lowest BCUT2D eigenvalue weighted by Crippen LogP contribution is -2.13. The summed E-state index contributed by atoms with van der Waals surface area (Å²) in [5, 5.41) is 5.21. The van der Waals surface area contributed by atoms with Gasteiger partial charge in [0, 0.05) is 15.7 Å². The molecule has 1 saturated carbocycles. The molecule has 0 heterocycles. The van der Waals surface area contributed by atoms with E-state index < -0.39 is 0 Å². The molecule has 0 aliphatic heterocycles. The highest BCUT2D eigenvalue weighted by Gasteiger charge is 2.32. The summed E-state index contributed by atoms with van der Waals surface area (Å²) in [6.07, 6.45) is 2.56. The van der Waals surface area contributed by atoms with Crippen LogP contribution in [0.25, 0.3) is 0 Å². The van der Waals surface area contributed by atoms with Crippen LogP contribution in [-0.2, 0) is 0 Å². The third kappa shape index (κ3) is 3.11. The van der Waals surface area contributed by atoms with Crippen LogP contribution in [0.5, 0.6) is 0 Å². The Morgan fingerprint density at radius 3 is 2.30 bits per heavy atom. The van der Waals surface area contributed by atoms with Crippen LogP contribution in [0, 0.1) is 12.8 Å². The van der Waals surface area contributed by atoms with Gasteiger partial charge in [-0.15, -0.1) is 0 Å². The number of nitrogens with one attached hydrogen (secondary N) is 1. The zero-order chi connectivity index (χ0) is 14.1. The van der Waals surface area contributed by atoms with E-state index in [4.69, 9.17) is 23.2 Å². The number of hydrogen-bond acceptors (Lipinski definition) is 1. The number of hydrogen-bond donors (Lipinski definition) is 1. The molecule has 20 heavy (non-hydrogen) atoms. The highest BCUT2D eigenvalue weighted by atomic mass is 35.5. The molecule has 3 rings (SSSR count). The molecular weight excluding hydrogens is 289 g/mol. The zero-order valence-electron chi connectivity index (χ0n) is 11.4. The van der Waals surface area contributed by atoms with Crippen molar-refractivity contribution < 1.29 is 0 Å². The molecule has 2 aromatic rings. The molecule has 1 nitrogen and oxygen atoms in total. The molecule has 2 aromatic carbocycles. The Labute approximate surface area is 129 Å². The van der Waals surface area contributed by atoms with E-state index in [1.54, 1.807) is 0 Å². The first kappa shape index (κ1) is 13.8. The summed E-state index contributed by atoms with van der Waals surface area (Å²) in [6, 6.07) is 14.5. The third-order valence-electron chi connectivity index (χ3n) is 3.83. The van der Waals surface area contributed by atoms with Crippen molar-refractivity contribution in [3.63, 3.8) is 0 Å². The lowest BCUT2D eigenvalue weighted by molar-refractivity contribution is 0.678. The molecule has 1 aliphatic carbocycles. The molecule has 0 aromatic heterocycles. The van der Waals surface area contributed by atoms with E-state index in [0.29, 0.717) is 12.0 Å². The van der Waals surface area contributed by atoms with Crippen molar-refractivity contribution in [2.45, 2.75) is 25.8 Å². The minimum absolute atomic E-state index is 0.337. The van der Waals surface area contributed by atoms with Gasteiger partial charge in [0.05, 0.1) is 6.04 Å². The fraction of sp³-hybridized carbons (Fsp3) is 0.294. The van der Waals surface area contributed by atoms with Gasteiger partial charge in [0.1, 0.15) is 0 Å². The van der Waals surface area contributed by atoms with Crippen molar-refractivity contribution in [3.8, 4) is 0 Å². The first-order valence-electron chi connectivity index (χ1n) is 6.91. The van der Waals surface area contributed by atoms with Crippen molar-refractivity contribution in [3.05, 3.63) is 63.6 Å². The molecule has 0 spiro atoms. The molecule has 1 N–H and O–H groups in total. The van der Waals surface area contributed by atoms with Gasteiger partial charge in [-0.1, -0.05) is 41.4 Å². The molecule has 1 atom stereocenters. The van der Waals surface area contributed by atoms with Gasteiger partial charge in [-0.2, -0.15) is 0 Å². The van der Waals surface area contributed by atoms with E-state index in [0.717, 1.165) is 15.7 Å². The van der Waals surface area contributed by atoms with Crippen LogP contribution in [-0.4, -0.2) is 0 Å². The molecule has 0 amide bonds. The molecule has 0 saturated heterocycles. The SMILES string of the molecule is Cc1ccc(Cl)cc1NC(c1ccc(Cl)cc1)C1CC1. The van der Waals surface area contributed by atoms with E-state index in [1.807, 2.05) is 24.3 Å². The second kappa shape index (κ2) is 5.67. The smallest absolute Gasteiger partial charge is 0.0542 e. The number of anilines is 1. The third-order valence-corrected chi connectivity index (χ3v) is 4.32. The Hall–Kier alpha value is -1.18. The second-order valence-corrected chi connectivity index (χ2v) is 6.34. The van der Waals surface area contributed by atoms with Crippen LogP contribution in [0.1, 0.15) is 30.0 Å². The summed E-state index contributed by atoms with van der Waals surface area (Å²) >= 11 is 12.1. The van der Waals surface area contributed by atoms with Crippen LogP contribution in [0.2, 0.25) is 10.0 Å². The van der Waals surface area contributed by atoms with Crippen molar-refractivity contribution in [1.29, 1.82) is 0 Å². The quantitative estimate of drug-likeness (QED) is 0.745. The lowest BCUT2D eigenvalue weighted by Gasteiger charge is -2.21. The van der Waals surface area contributed by atoms with Crippen LogP contribution in [0.3, 0.4) is 0 Å². The summed E-state index contributed by atoms with van der Waals surface area (Å²) in [6.45, 7) is 2.10. The van der Waals surface area contributed by atoms with Crippen molar-refractivity contribution >= 4 is 28.9 Å². The van der Waals surface area contributed by atoms with Gasteiger partial charge in [-0.3, -0.25) is 0 Å². The van der Waals surface area contributed by atoms with Crippen molar-refractivity contribution in [1.82, 2.24) is 0 Å². The van der Waals surface area contributed by atoms with Gasteiger partial charge in [0.25, 0.3) is 0 Å². The molecule has 1 aliphatic rings. The summed E-state index contributed by atoms with van der Waals surface area (Å²) in [5.74, 6) is 0.703. The zero-order valence-corrected chi connectivity index (χ0v) is 12.9. The second-order valence-electron chi connectivity index (χ2n) is 5.47. The molecule has 1 fully saturated rings. The largest absolute Gasteiger partial charge is 0.378 e. The monoisotopic (exact) mass is 305 g/mol. The first-order chi connectivity index (χ1) is 9.63. The Balaban J connectivity index is 1.88. The highest BCUT2D eigenvalue weighted by molar-refractivity contribution is 6.31. The lowest BCUT2D eigenvalue weighted by atomic mass is 10.0. The average molecular weight is 306 g/mol. The summed E-state index contributed by atoms with van der Waals surface area (Å²) in [4.78, 5) is 0. The van der Waals surface area contributed by atoms with Gasteiger partial charge in [-0.25, -0.2) is 0 Å². The molecule has 3 heteroatoms. The van der Waals surface area contributed by atoms with Crippen LogP contribution in [0.4, 0.5) is 5.69 Å². The number of halogens is 2. The number of benzene rings is 2. The predicted octanol–water partition coefficient (Wildman–Crippen LogP) is 5.87. The Kier molecular flexibility index (Phi) is 3.91. The van der Waals surface area contributed by atoms with Gasteiger partial charge < -0.3 is 5.32 Å². The van der Waals surface area contributed by atoms with Gasteiger partial charge >= 0.3 is 0 Å². The van der Waals surface area contributed by atoms with E-state index in [1.165, 1.54) is 24.0 Å². The van der Waals surface area contributed by atoms with E-state index in [2.05, 4.69) is 30.4 Å². The topological polar surface area (TPSA) is 12.0 Å². The molecular formula is C17H17Cl2N. The Morgan fingerprint density at radius 1 is 1.00 bits per heavy atom. The minimum Gasteiger partial charge on any atom is -0.378 e. The van der Waals surface area contributed by atoms with Crippen LogP contribution < -0.4 is 5.32 Å². The van der Waals surface area contributed by atoms with Crippen LogP contribution in [0.15, 0.2) is 42.5 Å². The fourth-order valence-electron chi connectivity index (χ4n) is 2.49. The number of rotatable bonds is 4. The van der Waals surface area contributed by atoms with Gasteiger partial charge in [0.15, 0.2) is 0 Å². The van der Waals surface area contributed by atoms with E-state index >= 15 is 0 Å². The molecule has 0 radical (unpaired) electrons. The Bertz CT molecular complexity index is 603. The summed E-state index contributed by atoms with van der Waals surface area (Å²) < 4.78 is 0. The van der Waals surface area contributed by atoms with Crippen molar-refractivity contribution in [2.75, 3.05) is 5.32 Å². The summed E-state index contributed by atoms with van der Waals surface area (Å²) in [7, 11) is 0. The predicted molar refractivity (Wildman–Crippen MR) is 86.7 cm³/mol. The Morgan fingerprint density at radius 2 is 1.65 bits per heavy atom. The molecule has 1 unspecified atom stereocenters.